The average molecular weight is 517 g/mol. The van der Waals surface area contributed by atoms with Gasteiger partial charge in [-0.25, -0.2) is 4.79 Å². The average Bonchev–Trinajstić information content (AvgIpc) is 2.93. The van der Waals surface area contributed by atoms with E-state index in [9.17, 15) is 9.90 Å². The first-order valence-corrected chi connectivity index (χ1v) is 15.2. The van der Waals surface area contributed by atoms with Crippen LogP contribution in [0.2, 0.25) is 0 Å². The van der Waals surface area contributed by atoms with E-state index in [0.717, 1.165) is 54.0 Å². The lowest BCUT2D eigenvalue weighted by molar-refractivity contribution is 0.0732. The lowest BCUT2D eigenvalue weighted by Gasteiger charge is -2.15. The van der Waals surface area contributed by atoms with Gasteiger partial charge in [0.2, 0.25) is 0 Å². The van der Waals surface area contributed by atoms with Gasteiger partial charge >= 0.3 is 5.97 Å². The number of aryl methyl sites for hydroxylation is 2. The van der Waals surface area contributed by atoms with Crippen LogP contribution in [0.3, 0.4) is 0 Å². The van der Waals surface area contributed by atoms with Crippen molar-refractivity contribution in [2.24, 2.45) is 0 Å². The molecule has 0 radical (unpaired) electrons. The number of phenols is 1. The van der Waals surface area contributed by atoms with Crippen LogP contribution in [0.15, 0.2) is 54.6 Å². The molecule has 3 aromatic rings. The van der Waals surface area contributed by atoms with Gasteiger partial charge in [-0.05, 0) is 59.7 Å². The number of fused-ring (bicyclic) bond motifs is 1. The maximum absolute atomic E-state index is 13.5. The summed E-state index contributed by atoms with van der Waals surface area (Å²) in [5.41, 5.74) is 2.17. The maximum Gasteiger partial charge on any atom is 0.347 e. The zero-order valence-electron chi connectivity index (χ0n) is 23.8. The molecule has 3 aromatic carbocycles. The van der Waals surface area contributed by atoms with Crippen molar-refractivity contribution in [3.05, 3.63) is 71.3 Å². The van der Waals surface area contributed by atoms with Crippen LogP contribution < -0.4 is 4.74 Å². The van der Waals surface area contributed by atoms with Crippen LogP contribution in [0.1, 0.15) is 125 Å². The van der Waals surface area contributed by atoms with Crippen molar-refractivity contribution in [1.29, 1.82) is 0 Å². The molecule has 206 valence electrons. The van der Waals surface area contributed by atoms with E-state index in [1.807, 2.05) is 48.5 Å². The number of hydrogen-bond donors (Lipinski definition) is 1. The first-order chi connectivity index (χ1) is 18.7. The zero-order chi connectivity index (χ0) is 27.0. The van der Waals surface area contributed by atoms with Gasteiger partial charge in [0.15, 0.2) is 0 Å². The van der Waals surface area contributed by atoms with E-state index in [1.54, 1.807) is 0 Å². The van der Waals surface area contributed by atoms with Crippen molar-refractivity contribution in [3.8, 4) is 11.5 Å². The number of unbranched alkanes of at least 4 members (excludes halogenated alkanes) is 12. The van der Waals surface area contributed by atoms with Crippen LogP contribution in [0, 0.1) is 0 Å². The fourth-order valence-electron chi connectivity index (χ4n) is 5.30. The Morgan fingerprint density at radius 1 is 0.658 bits per heavy atom. The third kappa shape index (κ3) is 9.19. The molecule has 0 aliphatic rings. The molecular weight excluding hydrogens is 468 g/mol. The van der Waals surface area contributed by atoms with Crippen LogP contribution in [0.4, 0.5) is 0 Å². The largest absolute Gasteiger partial charge is 0.507 e. The molecule has 0 amide bonds. The standard InChI is InChI=1S/C35H48O3/c1-3-5-7-9-11-13-15-21-28-22-18-20-26-32(28)38-35(37)33-31-25-19-17-23-29(31)27-30(34(33)36)24-16-14-12-10-8-6-4-2/h17-20,22-23,25-27,36H,3-16,21,24H2,1-2H3. The predicted molar refractivity (Wildman–Crippen MR) is 160 cm³/mol. The van der Waals surface area contributed by atoms with Crippen LogP contribution in [0.25, 0.3) is 10.8 Å². The second-order valence-corrected chi connectivity index (χ2v) is 10.7. The molecular formula is C35H48O3. The van der Waals surface area contributed by atoms with Gasteiger partial charge in [-0.2, -0.15) is 0 Å². The minimum Gasteiger partial charge on any atom is -0.507 e. The molecule has 0 saturated carbocycles. The van der Waals surface area contributed by atoms with Gasteiger partial charge < -0.3 is 9.84 Å². The molecule has 0 atom stereocenters. The topological polar surface area (TPSA) is 46.5 Å². The summed E-state index contributed by atoms with van der Waals surface area (Å²) in [6.07, 6.45) is 18.9. The number of carbonyl (C=O) groups is 1. The molecule has 0 saturated heterocycles. The van der Waals surface area contributed by atoms with Gasteiger partial charge in [0.25, 0.3) is 0 Å². The van der Waals surface area contributed by atoms with E-state index >= 15 is 0 Å². The minimum atomic E-state index is -0.480. The Hall–Kier alpha value is -2.81. The van der Waals surface area contributed by atoms with Gasteiger partial charge in [-0.3, -0.25) is 0 Å². The van der Waals surface area contributed by atoms with Gasteiger partial charge in [-0.1, -0.05) is 133 Å². The van der Waals surface area contributed by atoms with E-state index in [1.165, 1.54) is 70.6 Å². The lowest BCUT2D eigenvalue weighted by atomic mass is 9.96. The zero-order valence-corrected chi connectivity index (χ0v) is 23.8. The van der Waals surface area contributed by atoms with Crippen molar-refractivity contribution in [2.45, 2.75) is 117 Å². The van der Waals surface area contributed by atoms with Crippen molar-refractivity contribution < 1.29 is 14.6 Å². The smallest absolute Gasteiger partial charge is 0.347 e. The molecule has 0 aromatic heterocycles. The molecule has 3 rings (SSSR count). The molecule has 0 aliphatic heterocycles. The summed E-state index contributed by atoms with van der Waals surface area (Å²) in [4.78, 5) is 13.5. The molecule has 0 unspecified atom stereocenters. The number of esters is 1. The Morgan fingerprint density at radius 2 is 1.18 bits per heavy atom. The van der Waals surface area contributed by atoms with E-state index < -0.39 is 5.97 Å². The van der Waals surface area contributed by atoms with E-state index in [2.05, 4.69) is 19.9 Å². The quantitative estimate of drug-likeness (QED) is 0.104. The summed E-state index contributed by atoms with van der Waals surface area (Å²) in [5, 5.41) is 12.9. The maximum atomic E-state index is 13.5. The van der Waals surface area contributed by atoms with E-state index in [4.69, 9.17) is 4.74 Å². The first kappa shape index (κ1) is 29.7. The summed E-state index contributed by atoms with van der Waals surface area (Å²) in [6.45, 7) is 4.48. The number of benzene rings is 3. The van der Waals surface area contributed by atoms with E-state index in [0.29, 0.717) is 5.75 Å². The van der Waals surface area contributed by atoms with Crippen LogP contribution >= 0.6 is 0 Å². The Bertz CT molecular complexity index is 1120. The van der Waals surface area contributed by atoms with Crippen molar-refractivity contribution in [2.75, 3.05) is 0 Å². The number of ether oxygens (including phenoxy) is 1. The van der Waals surface area contributed by atoms with Gasteiger partial charge in [0.1, 0.15) is 17.1 Å². The normalized spacial score (nSPS) is 11.2. The summed E-state index contributed by atoms with van der Waals surface area (Å²) >= 11 is 0. The third-order valence-corrected chi connectivity index (χ3v) is 7.58. The molecule has 3 heteroatoms. The SMILES string of the molecule is CCCCCCCCCc1ccccc1OC(=O)c1c(O)c(CCCCCCCCC)cc2ccccc12. The predicted octanol–water partition coefficient (Wildman–Crippen LogP) is 10.4. The molecule has 0 heterocycles. The van der Waals surface area contributed by atoms with Crippen LogP contribution in [0.5, 0.6) is 11.5 Å². The Labute approximate surface area is 230 Å². The van der Waals surface area contributed by atoms with Crippen molar-refractivity contribution in [1.82, 2.24) is 0 Å². The highest BCUT2D eigenvalue weighted by molar-refractivity contribution is 6.08. The molecule has 3 nitrogen and oxygen atoms in total. The number of aromatic hydroxyl groups is 1. The number of carbonyl (C=O) groups excluding carboxylic acids is 1. The summed E-state index contributed by atoms with van der Waals surface area (Å²) in [5.74, 6) is 0.195. The molecule has 1 N–H and O–H groups in total. The highest BCUT2D eigenvalue weighted by atomic mass is 16.5. The number of para-hydroxylation sites is 1. The van der Waals surface area contributed by atoms with Gasteiger partial charge in [0.05, 0.1) is 0 Å². The first-order valence-electron chi connectivity index (χ1n) is 15.2. The highest BCUT2D eigenvalue weighted by Crippen LogP contribution is 2.34. The summed E-state index contributed by atoms with van der Waals surface area (Å²) in [7, 11) is 0. The Morgan fingerprint density at radius 3 is 1.84 bits per heavy atom. The van der Waals surface area contributed by atoms with Gasteiger partial charge in [-0.15, -0.1) is 0 Å². The number of rotatable bonds is 18. The van der Waals surface area contributed by atoms with E-state index in [-0.39, 0.29) is 11.3 Å². The van der Waals surface area contributed by atoms with Gasteiger partial charge in [0, 0.05) is 0 Å². The second kappa shape index (κ2) is 16.9. The number of phenolic OH excluding ortho intramolecular Hbond substituents is 1. The summed E-state index contributed by atoms with van der Waals surface area (Å²) in [6, 6.07) is 17.7. The van der Waals surface area contributed by atoms with Crippen LogP contribution in [-0.4, -0.2) is 11.1 Å². The molecule has 0 bridgehead atoms. The fraction of sp³-hybridized carbons (Fsp3) is 0.514. The minimum absolute atomic E-state index is 0.0734. The molecule has 0 fully saturated rings. The molecule has 0 aliphatic carbocycles. The monoisotopic (exact) mass is 516 g/mol. The molecule has 0 spiro atoms. The highest BCUT2D eigenvalue weighted by Gasteiger charge is 2.21. The van der Waals surface area contributed by atoms with Crippen molar-refractivity contribution in [3.63, 3.8) is 0 Å². The third-order valence-electron chi connectivity index (χ3n) is 7.58. The lowest BCUT2D eigenvalue weighted by Crippen LogP contribution is -2.12. The summed E-state index contributed by atoms with van der Waals surface area (Å²) < 4.78 is 5.97. The Kier molecular flexibility index (Phi) is 13.2. The molecule has 38 heavy (non-hydrogen) atoms. The Balaban J connectivity index is 1.68. The van der Waals surface area contributed by atoms with Crippen LogP contribution in [-0.2, 0) is 12.8 Å². The number of hydrogen-bond acceptors (Lipinski definition) is 3. The van der Waals surface area contributed by atoms with Crippen molar-refractivity contribution >= 4 is 16.7 Å². The fourth-order valence-corrected chi connectivity index (χ4v) is 5.30. The second-order valence-electron chi connectivity index (χ2n) is 10.7.